The average Bonchev–Trinajstić information content (AvgIpc) is 3.35. The lowest BCUT2D eigenvalue weighted by Crippen LogP contribution is -2.68. The first-order valence-corrected chi connectivity index (χ1v) is 12.2. The summed E-state index contributed by atoms with van der Waals surface area (Å²) in [6.07, 6.45) is 0.130. The first-order valence-electron chi connectivity index (χ1n) is 10.1. The minimum absolute atomic E-state index is 0.0711. The van der Waals surface area contributed by atoms with Gasteiger partial charge in [0.15, 0.2) is 24.2 Å². The smallest absolute Gasteiger partial charge is 0.329 e. The highest BCUT2D eigenvalue weighted by atomic mass is 79.9. The molecular weight excluding hydrogens is 592 g/mol. The summed E-state index contributed by atoms with van der Waals surface area (Å²) in [6, 6.07) is 3.08. The Hall–Kier alpha value is -1.97. The number of ether oxygens (including phenoxy) is 2. The second kappa shape index (κ2) is 11.2. The average molecular weight is 609 g/mol. The van der Waals surface area contributed by atoms with Crippen molar-refractivity contribution in [3.05, 3.63) is 64.3 Å². The number of aromatic nitrogens is 4. The highest BCUT2D eigenvalue weighted by Gasteiger charge is 2.60. The first kappa shape index (κ1) is 27.1. The fourth-order valence-corrected chi connectivity index (χ4v) is 5.05. The monoisotopic (exact) mass is 608 g/mol. The molecule has 3 heterocycles. The summed E-state index contributed by atoms with van der Waals surface area (Å²) >= 11 is 7.75. The van der Waals surface area contributed by atoms with Gasteiger partial charge in [-0.2, -0.15) is 0 Å². The van der Waals surface area contributed by atoms with E-state index in [9.17, 15) is 27.9 Å². The maximum absolute atomic E-state index is 13.9. The molecule has 0 aliphatic carbocycles. The molecule has 4 rings (SSSR count). The molecule has 0 spiro atoms. The van der Waals surface area contributed by atoms with Gasteiger partial charge in [0, 0.05) is 28.0 Å². The summed E-state index contributed by atoms with van der Waals surface area (Å²) in [5.74, 6) is -4.50. The molecule has 10 nitrogen and oxygen atoms in total. The molecule has 0 unspecified atom stereocenters. The molecule has 192 valence electrons. The molecule has 5 atom stereocenters. The lowest BCUT2D eigenvalue weighted by molar-refractivity contribution is -0.230. The molecule has 1 fully saturated rings. The van der Waals surface area contributed by atoms with E-state index in [4.69, 9.17) is 14.0 Å². The van der Waals surface area contributed by atoms with Crippen LogP contribution in [0.3, 0.4) is 0 Å². The summed E-state index contributed by atoms with van der Waals surface area (Å²) in [7, 11) is -0.674. The van der Waals surface area contributed by atoms with E-state index in [1.54, 1.807) is 6.07 Å². The number of pyridine rings is 1. The van der Waals surface area contributed by atoms with Gasteiger partial charge in [-0.3, -0.25) is 9.51 Å². The van der Waals surface area contributed by atoms with E-state index in [0.29, 0.717) is 10.0 Å². The van der Waals surface area contributed by atoms with Crippen LogP contribution >= 0.6 is 37.2 Å². The molecule has 16 heteroatoms. The van der Waals surface area contributed by atoms with Gasteiger partial charge < -0.3 is 19.7 Å². The zero-order valence-corrected chi connectivity index (χ0v) is 21.3. The summed E-state index contributed by atoms with van der Waals surface area (Å²) in [5, 5.41) is 29.5. The van der Waals surface area contributed by atoms with Crippen LogP contribution in [-0.4, -0.2) is 67.3 Å². The number of nitrogens with zero attached hydrogens (tertiary/aromatic N) is 4. The number of rotatable bonds is 8. The van der Waals surface area contributed by atoms with Gasteiger partial charge in [0.1, 0.15) is 35.0 Å². The van der Waals surface area contributed by atoms with Crippen molar-refractivity contribution in [3.63, 3.8) is 0 Å². The van der Waals surface area contributed by atoms with E-state index in [-0.39, 0.29) is 11.3 Å². The van der Waals surface area contributed by atoms with Gasteiger partial charge in [0.05, 0.1) is 12.8 Å². The van der Waals surface area contributed by atoms with E-state index < -0.39 is 68.8 Å². The second-order valence-electron chi connectivity index (χ2n) is 7.62. The Morgan fingerprint density at radius 2 is 1.97 bits per heavy atom. The number of thiol groups is 1. The molecule has 0 bridgehead atoms. The van der Waals surface area contributed by atoms with E-state index in [0.717, 1.165) is 16.8 Å². The molecule has 1 aliphatic rings. The third-order valence-corrected chi connectivity index (χ3v) is 6.70. The van der Waals surface area contributed by atoms with Crippen LogP contribution in [0.25, 0.3) is 11.3 Å². The third-order valence-electron chi connectivity index (χ3n) is 5.66. The Kier molecular flexibility index (Phi) is 8.42. The predicted molar refractivity (Wildman–Crippen MR) is 124 cm³/mol. The number of halogens is 4. The number of benzene rings is 1. The van der Waals surface area contributed by atoms with Gasteiger partial charge >= 0.3 is 8.69 Å². The Balaban J connectivity index is 1.94. The van der Waals surface area contributed by atoms with Crippen molar-refractivity contribution in [2.75, 3.05) is 13.4 Å². The van der Waals surface area contributed by atoms with Gasteiger partial charge in [-0.25, -0.2) is 22.4 Å². The molecular formula is C20H17BrF3N4O6PS. The SMILES string of the molecule is O=POCO[C@@H]1[C@H](S)O[C@@H](CO)[C@@H](O)[C@@]1(c1cncc(Br)c1)n1cc(-c2cc(F)c(F)c(F)c2)nn1. The lowest BCUT2D eigenvalue weighted by Gasteiger charge is -2.51. The maximum atomic E-state index is 13.9. The Morgan fingerprint density at radius 3 is 2.61 bits per heavy atom. The fraction of sp³-hybridized carbons (Fsp3) is 0.350. The van der Waals surface area contributed by atoms with E-state index >= 15 is 0 Å². The van der Waals surface area contributed by atoms with Crippen molar-refractivity contribution < 1.29 is 41.9 Å². The van der Waals surface area contributed by atoms with Gasteiger partial charge in [-0.15, -0.1) is 17.7 Å². The van der Waals surface area contributed by atoms with Crippen molar-refractivity contribution in [2.45, 2.75) is 29.3 Å². The summed E-state index contributed by atoms with van der Waals surface area (Å²) in [5.41, 5.74) is -2.78. The maximum Gasteiger partial charge on any atom is 0.329 e. The van der Waals surface area contributed by atoms with Crippen LogP contribution in [0, 0.1) is 17.5 Å². The number of aliphatic hydroxyl groups excluding tert-OH is 2. The first-order chi connectivity index (χ1) is 17.2. The Bertz CT molecular complexity index is 1240. The number of aliphatic hydroxyl groups is 2. The summed E-state index contributed by atoms with van der Waals surface area (Å²) < 4.78 is 69.9. The molecule has 1 aromatic carbocycles. The molecule has 2 aromatic heterocycles. The van der Waals surface area contributed by atoms with Crippen LogP contribution in [0.2, 0.25) is 0 Å². The standard InChI is InChI=1S/C20H17BrF3N4O6PS/c21-11-3-10(4-25-5-11)20(17(30)15(7-29)34-19(36)18(20)32-8-33-35-31)28-6-14(26-27-28)9-1-12(22)16(24)13(23)2-9/h1-6,15,17-19,29-30,36H,7-8H2/t15-,17+,18+,19-,20+/m0/s1. The fourth-order valence-electron chi connectivity index (χ4n) is 4.12. The largest absolute Gasteiger partial charge is 0.394 e. The molecule has 0 radical (unpaired) electrons. The minimum atomic E-state index is -1.76. The zero-order chi connectivity index (χ0) is 26.0. The van der Waals surface area contributed by atoms with Gasteiger partial charge in [-0.05, 0) is 34.1 Å². The van der Waals surface area contributed by atoms with Crippen molar-refractivity contribution in [1.29, 1.82) is 0 Å². The molecule has 2 N–H and O–H groups in total. The number of hydrogen-bond donors (Lipinski definition) is 3. The van der Waals surface area contributed by atoms with E-state index in [1.807, 2.05) is 0 Å². The van der Waals surface area contributed by atoms with Crippen LogP contribution in [0.5, 0.6) is 0 Å². The summed E-state index contributed by atoms with van der Waals surface area (Å²) in [4.78, 5) is 4.14. The van der Waals surface area contributed by atoms with Crippen LogP contribution < -0.4 is 0 Å². The second-order valence-corrected chi connectivity index (χ2v) is 9.45. The van der Waals surface area contributed by atoms with Crippen molar-refractivity contribution in [1.82, 2.24) is 20.0 Å². The highest BCUT2D eigenvalue weighted by Crippen LogP contribution is 2.44. The van der Waals surface area contributed by atoms with Gasteiger partial charge in [0.2, 0.25) is 0 Å². The van der Waals surface area contributed by atoms with Crippen molar-refractivity contribution in [2.24, 2.45) is 0 Å². The van der Waals surface area contributed by atoms with Crippen LogP contribution in [0.1, 0.15) is 5.56 Å². The summed E-state index contributed by atoms with van der Waals surface area (Å²) in [6.45, 7) is -1.15. The normalized spacial score (nSPS) is 26.4. The van der Waals surface area contributed by atoms with Gasteiger partial charge in [0.25, 0.3) is 0 Å². The molecule has 36 heavy (non-hydrogen) atoms. The zero-order valence-electron chi connectivity index (χ0n) is 17.9. The topological polar surface area (TPSA) is 129 Å². The third kappa shape index (κ3) is 4.82. The van der Waals surface area contributed by atoms with Crippen LogP contribution in [-0.2, 0) is 24.1 Å². The predicted octanol–water partition coefficient (Wildman–Crippen LogP) is 2.84. The number of hydrogen-bond acceptors (Lipinski definition) is 10. The Morgan fingerprint density at radius 1 is 1.25 bits per heavy atom. The van der Waals surface area contributed by atoms with Crippen LogP contribution in [0.15, 0.2) is 41.3 Å². The van der Waals surface area contributed by atoms with E-state index in [1.165, 1.54) is 18.6 Å². The van der Waals surface area contributed by atoms with Crippen LogP contribution in [0.4, 0.5) is 13.2 Å². The minimum Gasteiger partial charge on any atom is -0.394 e. The molecule has 1 aliphatic heterocycles. The Labute approximate surface area is 217 Å². The van der Waals surface area contributed by atoms with Crippen molar-refractivity contribution >= 4 is 37.2 Å². The molecule has 0 saturated carbocycles. The molecule has 0 amide bonds. The quantitative estimate of drug-likeness (QED) is 0.116. The lowest BCUT2D eigenvalue weighted by atomic mass is 9.76. The van der Waals surface area contributed by atoms with Gasteiger partial charge in [-0.1, -0.05) is 5.21 Å². The van der Waals surface area contributed by atoms with E-state index in [2.05, 4.69) is 43.9 Å². The van der Waals surface area contributed by atoms with Crippen molar-refractivity contribution in [3.8, 4) is 11.3 Å². The highest BCUT2D eigenvalue weighted by molar-refractivity contribution is 9.10. The molecule has 1 saturated heterocycles. The molecule has 3 aromatic rings.